The molecular weight excluding hydrogens is 631 g/mol. The zero-order chi connectivity index (χ0) is 32.3. The molecule has 0 aliphatic carbocycles. The topological polar surface area (TPSA) is 114 Å². The van der Waals surface area contributed by atoms with Crippen LogP contribution in [0, 0.1) is 6.92 Å². The van der Waals surface area contributed by atoms with E-state index < -0.39 is 12.4 Å². The molecule has 4 aromatic rings. The van der Waals surface area contributed by atoms with E-state index in [9.17, 15) is 22.8 Å². The van der Waals surface area contributed by atoms with Gasteiger partial charge in [0.05, 0.1) is 23.3 Å². The number of anilines is 1. The number of thioether (sulfide) groups is 1. The summed E-state index contributed by atoms with van der Waals surface area (Å²) in [5, 5.41) is 9.12. The Morgan fingerprint density at radius 2 is 1.89 bits per heavy atom. The van der Waals surface area contributed by atoms with Gasteiger partial charge >= 0.3 is 12.4 Å². The van der Waals surface area contributed by atoms with E-state index in [1.54, 1.807) is 24.3 Å². The lowest BCUT2D eigenvalue weighted by molar-refractivity contribution is -0.274. The van der Waals surface area contributed by atoms with Crippen LogP contribution in [0.15, 0.2) is 77.1 Å². The van der Waals surface area contributed by atoms with Crippen molar-refractivity contribution < 1.29 is 27.5 Å². The van der Waals surface area contributed by atoms with Gasteiger partial charge in [0.2, 0.25) is 5.91 Å². The number of nitrogens with zero attached hydrogens (tertiary/aromatic N) is 6. The largest absolute Gasteiger partial charge is 0.573 e. The van der Waals surface area contributed by atoms with E-state index in [-0.39, 0.29) is 28.5 Å². The molecule has 1 fully saturated rings. The first-order chi connectivity index (χ1) is 21.4. The number of benzene rings is 3. The third kappa shape index (κ3) is 7.70. The summed E-state index contributed by atoms with van der Waals surface area (Å²) in [7, 11) is 0. The van der Waals surface area contributed by atoms with Crippen LogP contribution in [0.4, 0.5) is 23.7 Å². The third-order valence-corrected chi connectivity index (χ3v) is 7.69. The van der Waals surface area contributed by atoms with Crippen molar-refractivity contribution in [2.24, 2.45) is 10.1 Å². The molecule has 0 atom stereocenters. The van der Waals surface area contributed by atoms with Crippen LogP contribution >= 0.6 is 23.4 Å². The number of nitrogens with one attached hydrogen (secondary N) is 1. The smallest absolute Gasteiger partial charge is 0.406 e. The standard InChI is InChI=1S/C30H25ClF3N7O3S/c1-17(2)24-11-6-21(31)13-25(24)41-26(42)15-45-29(41)37-28(43)38-36-14-20-5-4-19(12-18(20)3)27-35-16-40(39-27)22-7-9-23(10-8-22)44-30(32,33)34/h4-14,16-17H,15H2,1-3H3,(H,38,43)/b36-14+,37-29-. The number of carbonyl (C=O) groups excluding carboxylic acids is 2. The van der Waals surface area contributed by atoms with Crippen LogP contribution in [0.25, 0.3) is 17.1 Å². The molecule has 1 saturated heterocycles. The maximum absolute atomic E-state index is 12.7. The van der Waals surface area contributed by atoms with Crippen molar-refractivity contribution >= 4 is 52.4 Å². The average molecular weight is 656 g/mol. The maximum atomic E-state index is 12.7. The van der Waals surface area contributed by atoms with Gasteiger partial charge in [-0.1, -0.05) is 55.4 Å². The molecule has 2 heterocycles. The van der Waals surface area contributed by atoms with E-state index >= 15 is 0 Å². The molecule has 0 spiro atoms. The number of ether oxygens (including phenoxy) is 1. The predicted molar refractivity (Wildman–Crippen MR) is 167 cm³/mol. The summed E-state index contributed by atoms with van der Waals surface area (Å²) < 4.78 is 42.6. The van der Waals surface area contributed by atoms with Gasteiger partial charge in [-0.2, -0.15) is 10.1 Å². The molecule has 1 aliphatic heterocycles. The van der Waals surface area contributed by atoms with Crippen molar-refractivity contribution in [2.45, 2.75) is 33.1 Å². The molecule has 0 saturated carbocycles. The monoisotopic (exact) mass is 655 g/mol. The fraction of sp³-hybridized carbons (Fsp3) is 0.200. The Balaban J connectivity index is 1.25. The highest BCUT2D eigenvalue weighted by Gasteiger charge is 2.33. The molecule has 1 aliphatic rings. The van der Waals surface area contributed by atoms with Crippen LogP contribution in [-0.4, -0.2) is 50.2 Å². The van der Waals surface area contributed by atoms with Gasteiger partial charge in [0, 0.05) is 10.6 Å². The molecule has 232 valence electrons. The summed E-state index contributed by atoms with van der Waals surface area (Å²) in [6, 6.07) is 15.2. The number of amidine groups is 1. The Bertz CT molecular complexity index is 1810. The molecule has 0 bridgehead atoms. The number of rotatable bonds is 7. The van der Waals surface area contributed by atoms with E-state index in [1.807, 2.05) is 32.9 Å². The van der Waals surface area contributed by atoms with Gasteiger partial charge in [-0.25, -0.2) is 19.9 Å². The minimum Gasteiger partial charge on any atom is -0.406 e. The molecule has 3 amide bonds. The summed E-state index contributed by atoms with van der Waals surface area (Å²) in [5.74, 6) is 0.105. The van der Waals surface area contributed by atoms with Crippen molar-refractivity contribution in [2.75, 3.05) is 10.7 Å². The Morgan fingerprint density at radius 1 is 1.13 bits per heavy atom. The lowest BCUT2D eigenvalue weighted by Crippen LogP contribution is -2.31. The van der Waals surface area contributed by atoms with Crippen LogP contribution in [0.3, 0.4) is 0 Å². The number of amides is 3. The molecule has 45 heavy (non-hydrogen) atoms. The minimum atomic E-state index is -4.77. The second-order valence-corrected chi connectivity index (χ2v) is 11.4. The lowest BCUT2D eigenvalue weighted by Gasteiger charge is -2.21. The summed E-state index contributed by atoms with van der Waals surface area (Å²) in [6.45, 7) is 5.84. The van der Waals surface area contributed by atoms with E-state index in [0.717, 1.165) is 22.9 Å². The van der Waals surface area contributed by atoms with E-state index in [4.69, 9.17) is 11.6 Å². The fourth-order valence-electron chi connectivity index (χ4n) is 4.43. The molecule has 10 nitrogen and oxygen atoms in total. The van der Waals surface area contributed by atoms with E-state index in [2.05, 4.69) is 30.3 Å². The lowest BCUT2D eigenvalue weighted by atomic mass is 10.0. The second kappa shape index (κ2) is 13.1. The van der Waals surface area contributed by atoms with Crippen LogP contribution in [0.2, 0.25) is 5.02 Å². The van der Waals surface area contributed by atoms with Gasteiger partial charge in [0.25, 0.3) is 0 Å². The molecule has 5 rings (SSSR count). The van der Waals surface area contributed by atoms with Crippen LogP contribution in [-0.2, 0) is 4.79 Å². The Kier molecular flexibility index (Phi) is 9.25. The number of aryl methyl sites for hydroxylation is 1. The minimum absolute atomic E-state index is 0.110. The highest BCUT2D eigenvalue weighted by Crippen LogP contribution is 2.35. The summed E-state index contributed by atoms with van der Waals surface area (Å²) in [4.78, 5) is 35.1. The number of halogens is 4. The van der Waals surface area contributed by atoms with Crippen molar-refractivity contribution in [1.82, 2.24) is 20.2 Å². The van der Waals surface area contributed by atoms with E-state index in [1.165, 1.54) is 46.4 Å². The molecule has 1 aromatic heterocycles. The van der Waals surface area contributed by atoms with Gasteiger partial charge in [0.15, 0.2) is 11.0 Å². The summed E-state index contributed by atoms with van der Waals surface area (Å²) in [5.41, 5.74) is 6.57. The van der Waals surface area contributed by atoms with Crippen LogP contribution < -0.4 is 15.1 Å². The number of urea groups is 1. The zero-order valence-electron chi connectivity index (χ0n) is 24.0. The van der Waals surface area contributed by atoms with Crippen molar-refractivity contribution in [3.8, 4) is 22.8 Å². The number of alkyl halides is 3. The predicted octanol–water partition coefficient (Wildman–Crippen LogP) is 7.10. The van der Waals surface area contributed by atoms with Crippen molar-refractivity contribution in [3.05, 3.63) is 88.7 Å². The van der Waals surface area contributed by atoms with Gasteiger partial charge in [0.1, 0.15) is 12.1 Å². The molecule has 15 heteroatoms. The van der Waals surface area contributed by atoms with Crippen molar-refractivity contribution in [1.29, 1.82) is 0 Å². The zero-order valence-corrected chi connectivity index (χ0v) is 25.6. The molecule has 3 aromatic carbocycles. The number of aromatic nitrogens is 3. The summed E-state index contributed by atoms with van der Waals surface area (Å²) in [6.07, 6.45) is -1.86. The normalized spacial score (nSPS) is 14.6. The van der Waals surface area contributed by atoms with Crippen LogP contribution in [0.1, 0.15) is 36.5 Å². The van der Waals surface area contributed by atoms with Crippen LogP contribution in [0.5, 0.6) is 5.75 Å². The Labute approximate surface area is 265 Å². The average Bonchev–Trinajstić information content (AvgIpc) is 3.60. The first-order valence-corrected chi connectivity index (χ1v) is 14.8. The van der Waals surface area contributed by atoms with Crippen molar-refractivity contribution in [3.63, 3.8) is 0 Å². The highest BCUT2D eigenvalue weighted by molar-refractivity contribution is 8.15. The first-order valence-electron chi connectivity index (χ1n) is 13.4. The van der Waals surface area contributed by atoms with Gasteiger partial charge in [-0.05, 0) is 72.0 Å². The summed E-state index contributed by atoms with van der Waals surface area (Å²) >= 11 is 7.36. The molecule has 1 N–H and O–H groups in total. The number of hydrazone groups is 1. The number of carbonyl (C=O) groups is 2. The SMILES string of the molecule is Cc1cc(-c2ncn(-c3ccc(OC(F)(F)F)cc3)n2)ccc1/C=N/NC(=O)/N=C1\SCC(=O)N1c1cc(Cl)ccc1C(C)C. The Morgan fingerprint density at radius 3 is 2.58 bits per heavy atom. The second-order valence-electron chi connectivity index (χ2n) is 10.1. The molecular formula is C30H25ClF3N7O3S. The van der Waals surface area contributed by atoms with Gasteiger partial charge in [-0.15, -0.1) is 18.3 Å². The number of hydrogen-bond donors (Lipinski definition) is 1. The fourth-order valence-corrected chi connectivity index (χ4v) is 5.45. The quantitative estimate of drug-likeness (QED) is 0.168. The molecule has 0 unspecified atom stereocenters. The number of hydrogen-bond acceptors (Lipinski definition) is 7. The first kappa shape index (κ1) is 31.7. The Hall–Kier alpha value is -4.69. The molecule has 0 radical (unpaired) electrons. The maximum Gasteiger partial charge on any atom is 0.573 e. The third-order valence-electron chi connectivity index (χ3n) is 6.54. The highest BCUT2D eigenvalue weighted by atomic mass is 35.5. The number of aliphatic imine (C=N–C) groups is 1. The van der Waals surface area contributed by atoms with E-state index in [0.29, 0.717) is 33.3 Å². The van der Waals surface area contributed by atoms with Gasteiger partial charge in [-0.3, -0.25) is 9.69 Å². The van der Waals surface area contributed by atoms with Gasteiger partial charge < -0.3 is 4.74 Å².